The molecule has 5 nitrogen and oxygen atoms in total. The topological polar surface area (TPSA) is 57.6 Å². The number of benzene rings is 2. The Morgan fingerprint density at radius 1 is 1.15 bits per heavy atom. The molecule has 1 aromatic heterocycles. The van der Waals surface area contributed by atoms with E-state index < -0.39 is 0 Å². The second kappa shape index (κ2) is 7.72. The molecule has 1 N–H and O–H groups in total. The highest BCUT2D eigenvalue weighted by Gasteiger charge is 2.14. The molecule has 27 heavy (non-hydrogen) atoms. The van der Waals surface area contributed by atoms with Crippen LogP contribution in [0.25, 0.3) is 10.6 Å². The van der Waals surface area contributed by atoms with Gasteiger partial charge in [-0.1, -0.05) is 30.3 Å². The number of anilines is 1. The Labute approximate surface area is 162 Å². The van der Waals surface area contributed by atoms with E-state index >= 15 is 0 Å². The zero-order chi connectivity index (χ0) is 18.6. The zero-order valence-corrected chi connectivity index (χ0v) is 15.9. The molecule has 1 amide bonds. The first-order valence-corrected chi connectivity index (χ1v) is 9.77. The minimum Gasteiger partial charge on any atom is -0.346 e. The Morgan fingerprint density at radius 2 is 1.93 bits per heavy atom. The van der Waals surface area contributed by atoms with Gasteiger partial charge in [-0.2, -0.15) is 5.10 Å². The predicted octanol–water partition coefficient (Wildman–Crippen LogP) is 4.33. The normalized spacial score (nSPS) is 13.5. The SMILES string of the molecule is CC1=NN(c2ccc(C(=O)NCc3csc(-c4ccccc4)n3)cc2)CC1. The summed E-state index contributed by atoms with van der Waals surface area (Å²) in [4.78, 5) is 17.0. The summed E-state index contributed by atoms with van der Waals surface area (Å²) >= 11 is 1.59. The molecule has 0 spiro atoms. The monoisotopic (exact) mass is 376 g/mol. The first kappa shape index (κ1) is 17.4. The van der Waals surface area contributed by atoms with Crippen molar-refractivity contribution in [1.29, 1.82) is 0 Å². The number of carbonyl (C=O) groups is 1. The van der Waals surface area contributed by atoms with E-state index in [1.165, 1.54) is 0 Å². The van der Waals surface area contributed by atoms with E-state index in [0.717, 1.165) is 40.6 Å². The maximum Gasteiger partial charge on any atom is 0.251 e. The molecule has 0 unspecified atom stereocenters. The minimum absolute atomic E-state index is 0.100. The molecule has 0 fully saturated rings. The van der Waals surface area contributed by atoms with Gasteiger partial charge in [0.1, 0.15) is 5.01 Å². The molecule has 0 bridgehead atoms. The third-order valence-electron chi connectivity index (χ3n) is 4.41. The van der Waals surface area contributed by atoms with Gasteiger partial charge in [-0.15, -0.1) is 11.3 Å². The first-order valence-electron chi connectivity index (χ1n) is 8.89. The van der Waals surface area contributed by atoms with Crippen molar-refractivity contribution in [3.05, 3.63) is 71.2 Å². The molecule has 136 valence electrons. The van der Waals surface area contributed by atoms with Crippen molar-refractivity contribution < 1.29 is 4.79 Å². The van der Waals surface area contributed by atoms with Gasteiger partial charge in [0.25, 0.3) is 5.91 Å². The standard InChI is InChI=1S/C21H20N4OS/c1-15-11-12-25(24-15)19-9-7-16(8-10-19)20(26)22-13-18-14-27-21(23-18)17-5-3-2-4-6-17/h2-10,14H,11-13H2,1H3,(H,22,26). The molecule has 1 aliphatic rings. The van der Waals surface area contributed by atoms with Crippen molar-refractivity contribution in [2.24, 2.45) is 5.10 Å². The number of hydrogen-bond donors (Lipinski definition) is 1. The molecule has 2 aromatic carbocycles. The lowest BCUT2D eigenvalue weighted by molar-refractivity contribution is 0.0950. The number of rotatable bonds is 5. The van der Waals surface area contributed by atoms with E-state index in [-0.39, 0.29) is 5.91 Å². The third kappa shape index (κ3) is 4.06. The van der Waals surface area contributed by atoms with E-state index in [1.807, 2.05) is 71.9 Å². The summed E-state index contributed by atoms with van der Waals surface area (Å²) in [5.74, 6) is -0.100. The summed E-state index contributed by atoms with van der Waals surface area (Å²) in [6.45, 7) is 3.34. The molecule has 3 aromatic rings. The molecule has 6 heteroatoms. The summed E-state index contributed by atoms with van der Waals surface area (Å²) in [7, 11) is 0. The number of hydrazone groups is 1. The second-order valence-corrected chi connectivity index (χ2v) is 7.31. The van der Waals surface area contributed by atoms with Crippen molar-refractivity contribution >= 4 is 28.6 Å². The average molecular weight is 376 g/mol. The summed E-state index contributed by atoms with van der Waals surface area (Å²) < 4.78 is 0. The van der Waals surface area contributed by atoms with Crippen molar-refractivity contribution in [3.63, 3.8) is 0 Å². The summed E-state index contributed by atoms with van der Waals surface area (Å²) in [5.41, 5.74) is 4.74. The van der Waals surface area contributed by atoms with E-state index in [1.54, 1.807) is 11.3 Å². The quantitative estimate of drug-likeness (QED) is 0.721. The van der Waals surface area contributed by atoms with Gasteiger partial charge in [0.05, 0.1) is 17.9 Å². The van der Waals surface area contributed by atoms with Gasteiger partial charge in [0.15, 0.2) is 0 Å². The fourth-order valence-electron chi connectivity index (χ4n) is 2.92. The van der Waals surface area contributed by atoms with Crippen molar-refractivity contribution in [2.75, 3.05) is 11.6 Å². The molecule has 0 aliphatic carbocycles. The van der Waals surface area contributed by atoms with Crippen LogP contribution in [0.4, 0.5) is 5.69 Å². The van der Waals surface area contributed by atoms with E-state index in [2.05, 4.69) is 15.4 Å². The predicted molar refractivity (Wildman–Crippen MR) is 110 cm³/mol. The first-order chi connectivity index (χ1) is 13.2. The fraction of sp³-hybridized carbons (Fsp3) is 0.190. The molecule has 2 heterocycles. The number of amides is 1. The van der Waals surface area contributed by atoms with Gasteiger partial charge in [-0.3, -0.25) is 9.80 Å². The zero-order valence-electron chi connectivity index (χ0n) is 15.1. The number of nitrogens with zero attached hydrogens (tertiary/aromatic N) is 3. The molecular weight excluding hydrogens is 356 g/mol. The highest BCUT2D eigenvalue weighted by Crippen LogP contribution is 2.23. The number of thiazole rings is 1. The average Bonchev–Trinajstić information content (AvgIpc) is 3.36. The van der Waals surface area contributed by atoms with Gasteiger partial charge < -0.3 is 5.32 Å². The van der Waals surface area contributed by atoms with Crippen LogP contribution in [0.1, 0.15) is 29.4 Å². The number of hydrogen-bond acceptors (Lipinski definition) is 5. The Balaban J connectivity index is 1.36. The lowest BCUT2D eigenvalue weighted by Crippen LogP contribution is -2.23. The van der Waals surface area contributed by atoms with E-state index in [0.29, 0.717) is 12.1 Å². The van der Waals surface area contributed by atoms with Crippen molar-refractivity contribution in [2.45, 2.75) is 19.9 Å². The van der Waals surface area contributed by atoms with Crippen molar-refractivity contribution in [1.82, 2.24) is 10.3 Å². The number of nitrogens with one attached hydrogen (secondary N) is 1. The van der Waals surface area contributed by atoms with Crippen LogP contribution in [0.3, 0.4) is 0 Å². The van der Waals surface area contributed by atoms with Crippen molar-refractivity contribution in [3.8, 4) is 10.6 Å². The van der Waals surface area contributed by atoms with Crippen LogP contribution in [-0.2, 0) is 6.54 Å². The van der Waals surface area contributed by atoms with Gasteiger partial charge in [0.2, 0.25) is 0 Å². The fourth-order valence-corrected chi connectivity index (χ4v) is 3.75. The third-order valence-corrected chi connectivity index (χ3v) is 5.35. The van der Waals surface area contributed by atoms with Crippen LogP contribution in [0.2, 0.25) is 0 Å². The smallest absolute Gasteiger partial charge is 0.251 e. The maximum absolute atomic E-state index is 12.4. The molecule has 0 radical (unpaired) electrons. The van der Waals surface area contributed by atoms with Gasteiger partial charge in [-0.25, -0.2) is 4.98 Å². The highest BCUT2D eigenvalue weighted by atomic mass is 32.1. The molecule has 0 saturated heterocycles. The van der Waals surface area contributed by atoms with Gasteiger partial charge >= 0.3 is 0 Å². The van der Waals surface area contributed by atoms with Crippen LogP contribution in [0.5, 0.6) is 0 Å². The second-order valence-electron chi connectivity index (χ2n) is 6.45. The minimum atomic E-state index is -0.100. The lowest BCUT2D eigenvalue weighted by atomic mass is 10.2. The summed E-state index contributed by atoms with van der Waals surface area (Å²) in [6.07, 6.45) is 0.987. The lowest BCUT2D eigenvalue weighted by Gasteiger charge is -2.13. The van der Waals surface area contributed by atoms with Gasteiger partial charge in [-0.05, 0) is 31.2 Å². The Kier molecular flexibility index (Phi) is 4.98. The summed E-state index contributed by atoms with van der Waals surface area (Å²) in [6, 6.07) is 17.6. The van der Waals surface area contributed by atoms with Crippen LogP contribution >= 0.6 is 11.3 Å². The molecular formula is C21H20N4OS. The van der Waals surface area contributed by atoms with E-state index in [9.17, 15) is 4.79 Å². The Morgan fingerprint density at radius 3 is 2.63 bits per heavy atom. The van der Waals surface area contributed by atoms with Gasteiger partial charge in [0, 0.05) is 35.2 Å². The van der Waals surface area contributed by atoms with Crippen LogP contribution in [0, 0.1) is 0 Å². The molecule has 0 saturated carbocycles. The Bertz CT molecular complexity index is 963. The maximum atomic E-state index is 12.4. The number of aromatic nitrogens is 1. The number of carbonyl (C=O) groups excluding carboxylic acids is 1. The summed E-state index contributed by atoms with van der Waals surface area (Å²) in [5, 5.41) is 12.3. The Hall–Kier alpha value is -2.99. The van der Waals surface area contributed by atoms with E-state index in [4.69, 9.17) is 0 Å². The highest BCUT2D eigenvalue weighted by molar-refractivity contribution is 7.13. The molecule has 1 aliphatic heterocycles. The van der Waals surface area contributed by atoms with Crippen LogP contribution in [0.15, 0.2) is 65.1 Å². The molecule has 0 atom stereocenters. The van der Waals surface area contributed by atoms with Crippen LogP contribution in [-0.4, -0.2) is 23.1 Å². The largest absolute Gasteiger partial charge is 0.346 e. The molecule has 4 rings (SSSR count). The van der Waals surface area contributed by atoms with Crippen LogP contribution < -0.4 is 10.3 Å².